The number of carboxylic acid groups (broad SMARTS) is 1. The van der Waals surface area contributed by atoms with E-state index in [0.29, 0.717) is 11.1 Å². The summed E-state index contributed by atoms with van der Waals surface area (Å²) in [6, 6.07) is 19.0. The lowest BCUT2D eigenvalue weighted by molar-refractivity contribution is -0.137. The van der Waals surface area contributed by atoms with Crippen molar-refractivity contribution in [3.63, 3.8) is 0 Å². The van der Waals surface area contributed by atoms with Crippen LogP contribution in [0.4, 0.5) is 0 Å². The number of carbonyl (C=O) groups is 2. The van der Waals surface area contributed by atoms with Crippen molar-refractivity contribution in [2.75, 3.05) is 0 Å². The Labute approximate surface area is 133 Å². The first-order valence-corrected chi connectivity index (χ1v) is 7.21. The van der Waals surface area contributed by atoms with Crippen LogP contribution in [-0.4, -0.2) is 21.4 Å². The Balaban J connectivity index is 1.80. The molecule has 23 heavy (non-hydrogen) atoms. The summed E-state index contributed by atoms with van der Waals surface area (Å²) in [6.07, 6.45) is 3.15. The normalized spacial score (nSPS) is 10.4. The molecule has 0 aliphatic heterocycles. The van der Waals surface area contributed by atoms with Crippen LogP contribution in [-0.2, 0) is 11.3 Å². The minimum Gasteiger partial charge on any atom is -0.480 e. The Morgan fingerprint density at radius 2 is 1.48 bits per heavy atom. The van der Waals surface area contributed by atoms with E-state index in [2.05, 4.69) is 0 Å². The summed E-state index contributed by atoms with van der Waals surface area (Å²) in [5.74, 6) is -1.06. The van der Waals surface area contributed by atoms with Crippen LogP contribution in [0.15, 0.2) is 73.1 Å². The molecule has 0 spiro atoms. The van der Waals surface area contributed by atoms with Gasteiger partial charge in [-0.1, -0.05) is 54.6 Å². The first-order valence-electron chi connectivity index (χ1n) is 7.21. The van der Waals surface area contributed by atoms with Gasteiger partial charge in [0.25, 0.3) is 0 Å². The van der Waals surface area contributed by atoms with Crippen LogP contribution in [0.2, 0.25) is 0 Å². The molecule has 0 aliphatic carbocycles. The Morgan fingerprint density at radius 3 is 2.13 bits per heavy atom. The quantitative estimate of drug-likeness (QED) is 0.734. The molecule has 4 nitrogen and oxygen atoms in total. The van der Waals surface area contributed by atoms with Crippen molar-refractivity contribution in [1.82, 2.24) is 4.57 Å². The molecule has 0 amide bonds. The topological polar surface area (TPSA) is 59.3 Å². The number of hydrogen-bond acceptors (Lipinski definition) is 2. The van der Waals surface area contributed by atoms with Crippen molar-refractivity contribution in [3.8, 4) is 11.1 Å². The molecule has 4 heteroatoms. The smallest absolute Gasteiger partial charge is 0.323 e. The zero-order valence-electron chi connectivity index (χ0n) is 12.3. The summed E-state index contributed by atoms with van der Waals surface area (Å²) < 4.78 is 1.48. The van der Waals surface area contributed by atoms with Gasteiger partial charge in [-0.05, 0) is 17.2 Å². The van der Waals surface area contributed by atoms with E-state index in [1.54, 1.807) is 30.6 Å². The van der Waals surface area contributed by atoms with Gasteiger partial charge in [0.15, 0.2) is 5.78 Å². The van der Waals surface area contributed by atoms with Gasteiger partial charge >= 0.3 is 5.97 Å². The summed E-state index contributed by atoms with van der Waals surface area (Å²) in [7, 11) is 0. The third-order valence-corrected chi connectivity index (χ3v) is 3.58. The predicted octanol–water partition coefficient (Wildman–Crippen LogP) is 3.47. The van der Waals surface area contributed by atoms with Gasteiger partial charge < -0.3 is 9.67 Å². The van der Waals surface area contributed by atoms with Crippen molar-refractivity contribution in [3.05, 3.63) is 84.2 Å². The van der Waals surface area contributed by atoms with E-state index in [1.807, 2.05) is 42.5 Å². The first-order chi connectivity index (χ1) is 11.1. The van der Waals surface area contributed by atoms with Gasteiger partial charge in [-0.3, -0.25) is 9.59 Å². The molecule has 0 aliphatic rings. The van der Waals surface area contributed by atoms with E-state index in [9.17, 15) is 9.59 Å². The van der Waals surface area contributed by atoms with Crippen molar-refractivity contribution in [2.24, 2.45) is 0 Å². The van der Waals surface area contributed by atoms with E-state index < -0.39 is 5.97 Å². The number of rotatable bonds is 5. The van der Waals surface area contributed by atoms with Gasteiger partial charge in [0.05, 0.1) is 0 Å². The summed E-state index contributed by atoms with van der Waals surface area (Å²) in [5, 5.41) is 8.76. The summed E-state index contributed by atoms with van der Waals surface area (Å²) in [4.78, 5) is 23.1. The molecule has 0 radical (unpaired) electrons. The largest absolute Gasteiger partial charge is 0.480 e. The summed E-state index contributed by atoms with van der Waals surface area (Å²) in [5.41, 5.74) is 3.21. The van der Waals surface area contributed by atoms with Crippen molar-refractivity contribution < 1.29 is 14.7 Å². The minimum absolute atomic E-state index is 0.117. The molecule has 1 heterocycles. The molecule has 0 saturated carbocycles. The Kier molecular flexibility index (Phi) is 4.06. The monoisotopic (exact) mass is 305 g/mol. The average molecular weight is 305 g/mol. The third kappa shape index (κ3) is 3.37. The van der Waals surface area contributed by atoms with Gasteiger partial charge in [-0.15, -0.1) is 0 Å². The van der Waals surface area contributed by atoms with Gasteiger partial charge in [-0.25, -0.2) is 0 Å². The van der Waals surface area contributed by atoms with Gasteiger partial charge in [0, 0.05) is 23.5 Å². The second kappa shape index (κ2) is 6.32. The fraction of sp³-hybridized carbons (Fsp3) is 0.0526. The molecule has 0 atom stereocenters. The highest BCUT2D eigenvalue weighted by atomic mass is 16.4. The standard InChI is InChI=1S/C19H15NO3/c21-18(22)13-20-11-10-17(12-20)19(23)16-8-6-15(7-9-16)14-4-2-1-3-5-14/h1-12H,13H2,(H,21,22). The molecule has 0 unspecified atom stereocenters. The van der Waals surface area contributed by atoms with Crippen LogP contribution in [0.5, 0.6) is 0 Å². The Morgan fingerprint density at radius 1 is 0.826 bits per heavy atom. The second-order valence-electron chi connectivity index (χ2n) is 5.24. The fourth-order valence-electron chi connectivity index (χ4n) is 2.44. The highest BCUT2D eigenvalue weighted by Gasteiger charge is 2.11. The van der Waals surface area contributed by atoms with Gasteiger partial charge in [0.2, 0.25) is 0 Å². The number of ketones is 1. The van der Waals surface area contributed by atoms with E-state index >= 15 is 0 Å². The Bertz CT molecular complexity index is 833. The lowest BCUT2D eigenvalue weighted by atomic mass is 10.0. The zero-order valence-corrected chi connectivity index (χ0v) is 12.3. The number of aliphatic carboxylic acids is 1. The third-order valence-electron chi connectivity index (χ3n) is 3.58. The number of carbonyl (C=O) groups excluding carboxylic acids is 1. The summed E-state index contributed by atoms with van der Waals surface area (Å²) in [6.45, 7) is -0.153. The Hall–Kier alpha value is -3.14. The maximum Gasteiger partial charge on any atom is 0.323 e. The number of hydrogen-bond donors (Lipinski definition) is 1. The lowest BCUT2D eigenvalue weighted by Crippen LogP contribution is -2.07. The molecular formula is C19H15NO3. The maximum absolute atomic E-state index is 12.4. The van der Waals surface area contributed by atoms with Crippen LogP contribution < -0.4 is 0 Å². The van der Waals surface area contributed by atoms with Crippen LogP contribution in [0.3, 0.4) is 0 Å². The van der Waals surface area contributed by atoms with Crippen LogP contribution in [0.25, 0.3) is 11.1 Å². The van der Waals surface area contributed by atoms with Crippen molar-refractivity contribution >= 4 is 11.8 Å². The fourth-order valence-corrected chi connectivity index (χ4v) is 2.44. The van der Waals surface area contributed by atoms with Crippen molar-refractivity contribution in [1.29, 1.82) is 0 Å². The molecule has 1 N–H and O–H groups in total. The van der Waals surface area contributed by atoms with Crippen LogP contribution >= 0.6 is 0 Å². The number of benzene rings is 2. The maximum atomic E-state index is 12.4. The van der Waals surface area contributed by atoms with Gasteiger partial charge in [0.1, 0.15) is 6.54 Å². The molecule has 3 rings (SSSR count). The zero-order chi connectivity index (χ0) is 16.2. The molecule has 0 fully saturated rings. The molecule has 1 aromatic heterocycles. The molecule has 0 bridgehead atoms. The minimum atomic E-state index is -0.938. The van der Waals surface area contributed by atoms with E-state index in [1.165, 1.54) is 4.57 Å². The molecule has 2 aromatic carbocycles. The SMILES string of the molecule is O=C(O)Cn1ccc(C(=O)c2ccc(-c3ccccc3)cc2)c1. The van der Waals surface area contributed by atoms with Gasteiger partial charge in [-0.2, -0.15) is 0 Å². The molecule has 114 valence electrons. The number of nitrogens with zero attached hydrogens (tertiary/aromatic N) is 1. The first kappa shape index (κ1) is 14.8. The molecule has 3 aromatic rings. The molecule has 0 saturated heterocycles. The van der Waals surface area contributed by atoms with Crippen LogP contribution in [0, 0.1) is 0 Å². The highest BCUT2D eigenvalue weighted by Crippen LogP contribution is 2.20. The van der Waals surface area contributed by atoms with E-state index in [0.717, 1.165) is 11.1 Å². The highest BCUT2D eigenvalue weighted by molar-refractivity contribution is 6.09. The molecular weight excluding hydrogens is 290 g/mol. The predicted molar refractivity (Wildman–Crippen MR) is 87.4 cm³/mol. The number of carboxylic acids is 1. The van der Waals surface area contributed by atoms with E-state index in [4.69, 9.17) is 5.11 Å². The van der Waals surface area contributed by atoms with Crippen molar-refractivity contribution in [2.45, 2.75) is 6.54 Å². The number of aromatic nitrogens is 1. The lowest BCUT2D eigenvalue weighted by Gasteiger charge is -2.03. The second-order valence-corrected chi connectivity index (χ2v) is 5.24. The van der Waals surface area contributed by atoms with Crippen LogP contribution in [0.1, 0.15) is 15.9 Å². The average Bonchev–Trinajstić information content (AvgIpc) is 3.03. The summed E-state index contributed by atoms with van der Waals surface area (Å²) >= 11 is 0. The van der Waals surface area contributed by atoms with E-state index in [-0.39, 0.29) is 12.3 Å².